The molecule has 1 aliphatic heterocycles. The van der Waals surface area contributed by atoms with E-state index in [9.17, 15) is 8.42 Å². The monoisotopic (exact) mass is 416 g/mol. The third-order valence-electron chi connectivity index (χ3n) is 4.58. The van der Waals surface area contributed by atoms with Gasteiger partial charge in [0, 0.05) is 43.9 Å². The SMILES string of the molecule is CN=C(NCC(c1cccs1)N1CCOC(C)C1)NC(C)CCS(C)(=O)=O. The number of aliphatic imine (C=N–C) groups is 1. The standard InChI is InChI=1S/C18H32N4O3S2/c1-14(7-11-27(4,23)24)21-18(19-3)20-12-16(17-6-5-10-26-17)22-8-9-25-15(2)13-22/h5-6,10,14-16H,7-9,11-13H2,1-4H3,(H2,19,20,21). The van der Waals surface area contributed by atoms with Crippen molar-refractivity contribution in [2.75, 3.05) is 45.3 Å². The van der Waals surface area contributed by atoms with Crippen LogP contribution in [0.4, 0.5) is 0 Å². The predicted molar refractivity (Wildman–Crippen MR) is 112 cm³/mol. The lowest BCUT2D eigenvalue weighted by atomic mass is 10.1. The number of morpholine rings is 1. The van der Waals surface area contributed by atoms with Crippen LogP contribution in [-0.2, 0) is 14.6 Å². The maximum absolute atomic E-state index is 11.4. The van der Waals surface area contributed by atoms with E-state index >= 15 is 0 Å². The van der Waals surface area contributed by atoms with E-state index in [4.69, 9.17) is 4.74 Å². The Bertz CT molecular complexity index is 691. The van der Waals surface area contributed by atoms with Crippen molar-refractivity contribution in [2.24, 2.45) is 4.99 Å². The van der Waals surface area contributed by atoms with Crippen molar-refractivity contribution >= 4 is 27.1 Å². The zero-order chi connectivity index (χ0) is 19.9. The summed E-state index contributed by atoms with van der Waals surface area (Å²) in [7, 11) is -1.22. The zero-order valence-corrected chi connectivity index (χ0v) is 18.3. The van der Waals surface area contributed by atoms with Gasteiger partial charge < -0.3 is 15.4 Å². The largest absolute Gasteiger partial charge is 0.376 e. The number of hydrogen-bond acceptors (Lipinski definition) is 6. The lowest BCUT2D eigenvalue weighted by Crippen LogP contribution is -2.49. The molecule has 9 heteroatoms. The van der Waals surface area contributed by atoms with Gasteiger partial charge in [0.05, 0.1) is 24.5 Å². The van der Waals surface area contributed by atoms with Crippen LogP contribution < -0.4 is 10.6 Å². The molecule has 0 radical (unpaired) electrons. The van der Waals surface area contributed by atoms with Gasteiger partial charge in [0.25, 0.3) is 0 Å². The minimum absolute atomic E-state index is 0.0227. The lowest BCUT2D eigenvalue weighted by Gasteiger charge is -2.37. The molecule has 154 valence electrons. The van der Waals surface area contributed by atoms with Crippen LogP contribution in [0.5, 0.6) is 0 Å². The van der Waals surface area contributed by atoms with Crippen molar-refractivity contribution < 1.29 is 13.2 Å². The first kappa shape index (κ1) is 22.1. The van der Waals surface area contributed by atoms with Crippen LogP contribution in [-0.4, -0.2) is 76.7 Å². The smallest absolute Gasteiger partial charge is 0.191 e. The summed E-state index contributed by atoms with van der Waals surface area (Å²) in [6, 6.07) is 4.52. The Labute approximate surface area is 167 Å². The molecular weight excluding hydrogens is 384 g/mol. The minimum Gasteiger partial charge on any atom is -0.376 e. The van der Waals surface area contributed by atoms with Gasteiger partial charge >= 0.3 is 0 Å². The molecule has 0 bridgehead atoms. The van der Waals surface area contributed by atoms with Gasteiger partial charge in [-0.2, -0.15) is 0 Å². The van der Waals surface area contributed by atoms with Crippen LogP contribution in [0.25, 0.3) is 0 Å². The summed E-state index contributed by atoms with van der Waals surface area (Å²) in [6.45, 7) is 7.37. The van der Waals surface area contributed by atoms with Crippen LogP contribution in [0.2, 0.25) is 0 Å². The van der Waals surface area contributed by atoms with Gasteiger partial charge in [0.1, 0.15) is 9.84 Å². The fraction of sp³-hybridized carbons (Fsp3) is 0.722. The highest BCUT2D eigenvalue weighted by atomic mass is 32.2. The van der Waals surface area contributed by atoms with Crippen molar-refractivity contribution in [3.05, 3.63) is 22.4 Å². The Morgan fingerprint density at radius 1 is 1.52 bits per heavy atom. The molecule has 3 unspecified atom stereocenters. The zero-order valence-electron chi connectivity index (χ0n) is 16.6. The van der Waals surface area contributed by atoms with E-state index in [0.717, 1.165) is 26.2 Å². The van der Waals surface area contributed by atoms with Crippen LogP contribution in [0.3, 0.4) is 0 Å². The minimum atomic E-state index is -2.95. The molecule has 0 aliphatic carbocycles. The Morgan fingerprint density at radius 2 is 2.30 bits per heavy atom. The first-order valence-electron chi connectivity index (χ1n) is 9.32. The number of guanidine groups is 1. The Morgan fingerprint density at radius 3 is 2.89 bits per heavy atom. The van der Waals surface area contributed by atoms with Crippen LogP contribution in [0.15, 0.2) is 22.5 Å². The normalized spacial score (nSPS) is 21.6. The van der Waals surface area contributed by atoms with E-state index in [1.54, 1.807) is 18.4 Å². The Hall–Kier alpha value is -1.16. The van der Waals surface area contributed by atoms with E-state index in [-0.39, 0.29) is 23.9 Å². The summed E-state index contributed by atoms with van der Waals surface area (Å²) in [5, 5.41) is 8.80. The van der Waals surface area contributed by atoms with Crippen LogP contribution in [0, 0.1) is 0 Å². The van der Waals surface area contributed by atoms with Crippen molar-refractivity contribution in [2.45, 2.75) is 38.5 Å². The second kappa shape index (κ2) is 10.4. The summed E-state index contributed by atoms with van der Waals surface area (Å²) < 4.78 is 28.4. The quantitative estimate of drug-likeness (QED) is 0.494. The average Bonchev–Trinajstić information content (AvgIpc) is 3.13. The van der Waals surface area contributed by atoms with Crippen molar-refractivity contribution in [3.63, 3.8) is 0 Å². The molecule has 1 fully saturated rings. The maximum atomic E-state index is 11.4. The molecule has 0 spiro atoms. The van der Waals surface area contributed by atoms with E-state index in [0.29, 0.717) is 12.4 Å². The topological polar surface area (TPSA) is 83.0 Å². The molecule has 0 saturated carbocycles. The van der Waals surface area contributed by atoms with Crippen molar-refractivity contribution in [1.29, 1.82) is 0 Å². The molecular formula is C18H32N4O3S2. The van der Waals surface area contributed by atoms with E-state index < -0.39 is 9.84 Å². The molecule has 27 heavy (non-hydrogen) atoms. The molecule has 1 aliphatic rings. The predicted octanol–water partition coefficient (Wildman–Crippen LogP) is 1.50. The van der Waals surface area contributed by atoms with Gasteiger partial charge in [-0.3, -0.25) is 9.89 Å². The summed E-state index contributed by atoms with van der Waals surface area (Å²) in [6.07, 6.45) is 2.05. The second-order valence-electron chi connectivity index (χ2n) is 7.12. The van der Waals surface area contributed by atoms with Crippen molar-refractivity contribution in [1.82, 2.24) is 15.5 Å². The fourth-order valence-corrected chi connectivity index (χ4v) is 4.75. The van der Waals surface area contributed by atoms with Crippen LogP contribution in [0.1, 0.15) is 31.2 Å². The molecule has 2 N–H and O–H groups in total. The molecule has 1 aromatic heterocycles. The van der Waals surface area contributed by atoms with E-state index in [1.165, 1.54) is 11.1 Å². The maximum Gasteiger partial charge on any atom is 0.191 e. The fourth-order valence-electron chi connectivity index (χ4n) is 3.10. The number of hydrogen-bond donors (Lipinski definition) is 2. The molecule has 1 saturated heterocycles. The molecule has 2 rings (SSSR count). The van der Waals surface area contributed by atoms with Gasteiger partial charge in [-0.1, -0.05) is 6.07 Å². The number of rotatable bonds is 8. The molecule has 0 aromatic carbocycles. The van der Waals surface area contributed by atoms with Gasteiger partial charge in [0.2, 0.25) is 0 Å². The number of nitrogens with zero attached hydrogens (tertiary/aromatic N) is 2. The Balaban J connectivity index is 1.94. The average molecular weight is 417 g/mol. The molecule has 0 amide bonds. The number of sulfone groups is 1. The van der Waals surface area contributed by atoms with Crippen molar-refractivity contribution in [3.8, 4) is 0 Å². The highest BCUT2D eigenvalue weighted by molar-refractivity contribution is 7.90. The summed E-state index contributed by atoms with van der Waals surface area (Å²) >= 11 is 1.76. The van der Waals surface area contributed by atoms with Gasteiger partial charge in [0.15, 0.2) is 5.96 Å². The number of nitrogens with one attached hydrogen (secondary N) is 2. The highest BCUT2D eigenvalue weighted by Gasteiger charge is 2.26. The molecule has 1 aromatic rings. The molecule has 3 atom stereocenters. The second-order valence-corrected chi connectivity index (χ2v) is 10.4. The van der Waals surface area contributed by atoms with E-state index in [2.05, 4.69) is 45.0 Å². The Kier molecular flexibility index (Phi) is 8.53. The van der Waals surface area contributed by atoms with Gasteiger partial charge in [-0.05, 0) is 31.7 Å². The summed E-state index contributed by atoms with van der Waals surface area (Å²) in [5.41, 5.74) is 0. The van der Waals surface area contributed by atoms with E-state index in [1.807, 2.05) is 6.92 Å². The third-order valence-corrected chi connectivity index (χ3v) is 6.53. The number of ether oxygens (including phenoxy) is 1. The number of thiophene rings is 1. The van der Waals surface area contributed by atoms with Gasteiger partial charge in [-0.25, -0.2) is 8.42 Å². The van der Waals surface area contributed by atoms with Gasteiger partial charge in [-0.15, -0.1) is 11.3 Å². The van der Waals surface area contributed by atoms with Crippen LogP contribution >= 0.6 is 11.3 Å². The summed E-state index contributed by atoms with van der Waals surface area (Å²) in [4.78, 5) is 8.06. The highest BCUT2D eigenvalue weighted by Crippen LogP contribution is 2.26. The lowest BCUT2D eigenvalue weighted by molar-refractivity contribution is -0.0334. The summed E-state index contributed by atoms with van der Waals surface area (Å²) in [5.74, 6) is 0.862. The first-order valence-corrected chi connectivity index (χ1v) is 12.3. The third kappa shape index (κ3) is 7.77. The first-order chi connectivity index (χ1) is 12.8. The molecule has 7 nitrogen and oxygen atoms in total. The molecule has 2 heterocycles.